The summed E-state index contributed by atoms with van der Waals surface area (Å²) in [5.74, 6) is -0.828. The number of amides is 1. The number of anilines is 3. The highest BCUT2D eigenvalue weighted by atomic mass is 16.6. The summed E-state index contributed by atoms with van der Waals surface area (Å²) in [4.78, 5) is 34.4. The Hall–Kier alpha value is -4.28. The smallest absolute Gasteiger partial charge is 0.299 e. The van der Waals surface area contributed by atoms with E-state index in [2.05, 4.69) is 36.7 Å². The van der Waals surface area contributed by atoms with E-state index >= 15 is 0 Å². The maximum Gasteiger partial charge on any atom is 0.356 e. The molecule has 0 saturated heterocycles. The number of pyridine rings is 1. The summed E-state index contributed by atoms with van der Waals surface area (Å²) in [6.07, 6.45) is 2.58. The highest BCUT2D eigenvalue weighted by Gasteiger charge is 2.23. The molecule has 11 nitrogen and oxygen atoms in total. The lowest BCUT2D eigenvalue weighted by atomic mass is 10.3. The number of carbonyl (C=O) groups excluding carboxylic acids is 1. The van der Waals surface area contributed by atoms with Crippen molar-refractivity contribution >= 4 is 28.9 Å². The first-order valence-electron chi connectivity index (χ1n) is 7.69. The molecule has 0 atom stereocenters. The molecule has 0 aliphatic carbocycles. The van der Waals surface area contributed by atoms with E-state index in [1.54, 1.807) is 36.4 Å². The largest absolute Gasteiger partial charge is 0.356 e. The molecule has 2 aromatic heterocycles. The van der Waals surface area contributed by atoms with Gasteiger partial charge in [-0.2, -0.15) is 0 Å². The molecule has 0 aliphatic rings. The second-order valence-electron chi connectivity index (χ2n) is 5.09. The van der Waals surface area contributed by atoms with E-state index in [4.69, 9.17) is 0 Å². The van der Waals surface area contributed by atoms with E-state index in [0.717, 1.165) is 6.33 Å². The third-order valence-electron chi connectivity index (χ3n) is 3.30. The molecule has 0 fully saturated rings. The van der Waals surface area contributed by atoms with Crippen molar-refractivity contribution in [2.24, 2.45) is 0 Å². The fourth-order valence-electron chi connectivity index (χ4n) is 2.06. The minimum absolute atomic E-state index is 0.0755. The Morgan fingerprint density at radius 3 is 2.26 bits per heavy atom. The van der Waals surface area contributed by atoms with Gasteiger partial charge in [-0.05, 0) is 24.3 Å². The summed E-state index contributed by atoms with van der Waals surface area (Å²) in [7, 11) is 0. The van der Waals surface area contributed by atoms with Crippen molar-refractivity contribution in [3.8, 4) is 0 Å². The number of hydrazine groups is 2. The summed E-state index contributed by atoms with van der Waals surface area (Å²) in [5, 5.41) is 11.5. The number of aromatic nitrogens is 3. The van der Waals surface area contributed by atoms with E-state index < -0.39 is 16.5 Å². The molecular formula is C16H14N8O3. The Bertz CT molecular complexity index is 937. The minimum Gasteiger partial charge on any atom is -0.299 e. The average Bonchev–Trinajstić information content (AvgIpc) is 2.71. The summed E-state index contributed by atoms with van der Waals surface area (Å²) in [5.41, 5.74) is 10.6. The second kappa shape index (κ2) is 8.20. The molecular weight excluding hydrogens is 352 g/mol. The van der Waals surface area contributed by atoms with Gasteiger partial charge in [0, 0.05) is 6.20 Å². The molecule has 11 heteroatoms. The standard InChI is InChI=1S/C16H14N8O3/c25-16(12-8-4-5-9-17-12)23-22-15-13(24(26)27)14(18-10-19-15)21-20-11-6-2-1-3-7-11/h1-10,20H,(H,23,25)(H2,18,19,21,22). The maximum atomic E-state index is 12.0. The van der Waals surface area contributed by atoms with Gasteiger partial charge in [0.2, 0.25) is 11.6 Å². The molecule has 0 aliphatic heterocycles. The van der Waals surface area contributed by atoms with Gasteiger partial charge in [0.15, 0.2) is 0 Å². The lowest BCUT2D eigenvalue weighted by Gasteiger charge is -2.12. The van der Waals surface area contributed by atoms with Gasteiger partial charge in [0.05, 0.1) is 10.6 Å². The second-order valence-corrected chi connectivity index (χ2v) is 5.09. The quantitative estimate of drug-likeness (QED) is 0.364. The molecule has 1 aromatic carbocycles. The molecule has 4 N–H and O–H groups in total. The van der Waals surface area contributed by atoms with Gasteiger partial charge in [-0.25, -0.2) is 9.97 Å². The van der Waals surface area contributed by atoms with Crippen LogP contribution < -0.4 is 21.7 Å². The number of nitro groups is 1. The normalized spacial score (nSPS) is 9.93. The van der Waals surface area contributed by atoms with Crippen LogP contribution in [-0.4, -0.2) is 25.8 Å². The van der Waals surface area contributed by atoms with E-state index in [1.807, 2.05) is 6.07 Å². The van der Waals surface area contributed by atoms with E-state index in [9.17, 15) is 14.9 Å². The topological polar surface area (TPSA) is 147 Å². The van der Waals surface area contributed by atoms with Crippen LogP contribution in [0.3, 0.4) is 0 Å². The van der Waals surface area contributed by atoms with Gasteiger partial charge in [-0.3, -0.25) is 41.6 Å². The van der Waals surface area contributed by atoms with Crippen LogP contribution in [0.4, 0.5) is 23.0 Å². The predicted octanol–water partition coefficient (Wildman–Crippen LogP) is 1.98. The van der Waals surface area contributed by atoms with Crippen LogP contribution in [-0.2, 0) is 0 Å². The number of nitrogens with zero attached hydrogens (tertiary/aromatic N) is 4. The first-order valence-corrected chi connectivity index (χ1v) is 7.69. The van der Waals surface area contributed by atoms with Crippen molar-refractivity contribution in [2.75, 3.05) is 16.3 Å². The monoisotopic (exact) mass is 366 g/mol. The summed E-state index contributed by atoms with van der Waals surface area (Å²) >= 11 is 0. The first-order chi connectivity index (χ1) is 13.1. The van der Waals surface area contributed by atoms with Crippen LogP contribution in [0, 0.1) is 10.1 Å². The Morgan fingerprint density at radius 1 is 0.889 bits per heavy atom. The van der Waals surface area contributed by atoms with E-state index in [-0.39, 0.29) is 17.3 Å². The molecule has 0 saturated carbocycles. The highest BCUT2D eigenvalue weighted by molar-refractivity contribution is 5.93. The molecule has 1 amide bonds. The molecule has 136 valence electrons. The number of para-hydroxylation sites is 1. The summed E-state index contributed by atoms with van der Waals surface area (Å²) < 4.78 is 0. The highest BCUT2D eigenvalue weighted by Crippen LogP contribution is 2.28. The zero-order chi connectivity index (χ0) is 19.1. The van der Waals surface area contributed by atoms with Crippen molar-refractivity contribution in [1.82, 2.24) is 20.4 Å². The van der Waals surface area contributed by atoms with Crippen LogP contribution in [0.15, 0.2) is 61.1 Å². The Labute approximate surface area is 153 Å². The Balaban J connectivity index is 1.75. The first kappa shape index (κ1) is 17.5. The lowest BCUT2D eigenvalue weighted by molar-refractivity contribution is -0.383. The molecule has 0 bridgehead atoms. The Kier molecular flexibility index (Phi) is 5.33. The fraction of sp³-hybridized carbons (Fsp3) is 0. The van der Waals surface area contributed by atoms with Crippen molar-refractivity contribution < 1.29 is 9.72 Å². The average molecular weight is 366 g/mol. The number of hydrogen-bond donors (Lipinski definition) is 4. The SMILES string of the molecule is O=C(NNc1ncnc(NNc2ccccc2)c1[N+](=O)[O-])c1ccccn1. The zero-order valence-corrected chi connectivity index (χ0v) is 13.8. The van der Waals surface area contributed by atoms with Gasteiger partial charge in [-0.15, -0.1) is 0 Å². The lowest BCUT2D eigenvalue weighted by Crippen LogP contribution is -2.31. The fourth-order valence-corrected chi connectivity index (χ4v) is 2.06. The van der Waals surface area contributed by atoms with Crippen LogP contribution in [0.25, 0.3) is 0 Å². The van der Waals surface area contributed by atoms with Crippen LogP contribution in [0.1, 0.15) is 10.5 Å². The molecule has 0 radical (unpaired) electrons. The van der Waals surface area contributed by atoms with Gasteiger partial charge in [-0.1, -0.05) is 24.3 Å². The van der Waals surface area contributed by atoms with Crippen LogP contribution >= 0.6 is 0 Å². The van der Waals surface area contributed by atoms with Crippen molar-refractivity contribution in [1.29, 1.82) is 0 Å². The number of carbonyl (C=O) groups is 1. The van der Waals surface area contributed by atoms with Crippen molar-refractivity contribution in [2.45, 2.75) is 0 Å². The third kappa shape index (κ3) is 4.42. The molecule has 0 unspecified atom stereocenters. The van der Waals surface area contributed by atoms with Crippen molar-refractivity contribution in [3.63, 3.8) is 0 Å². The van der Waals surface area contributed by atoms with Crippen LogP contribution in [0.2, 0.25) is 0 Å². The predicted molar refractivity (Wildman–Crippen MR) is 97.7 cm³/mol. The number of hydrogen-bond acceptors (Lipinski definition) is 9. The zero-order valence-electron chi connectivity index (χ0n) is 13.8. The van der Waals surface area contributed by atoms with E-state index in [0.29, 0.717) is 5.69 Å². The van der Waals surface area contributed by atoms with Gasteiger partial charge >= 0.3 is 5.69 Å². The number of benzene rings is 1. The molecule has 0 spiro atoms. The molecule has 3 rings (SSSR count). The van der Waals surface area contributed by atoms with Crippen molar-refractivity contribution in [3.05, 3.63) is 76.9 Å². The van der Waals surface area contributed by atoms with Gasteiger partial charge in [0.25, 0.3) is 5.91 Å². The summed E-state index contributed by atoms with van der Waals surface area (Å²) in [6.45, 7) is 0. The minimum atomic E-state index is -0.662. The maximum absolute atomic E-state index is 12.0. The molecule has 3 aromatic rings. The van der Waals surface area contributed by atoms with E-state index in [1.165, 1.54) is 12.3 Å². The Morgan fingerprint density at radius 2 is 1.59 bits per heavy atom. The molecule has 27 heavy (non-hydrogen) atoms. The third-order valence-corrected chi connectivity index (χ3v) is 3.30. The summed E-state index contributed by atoms with van der Waals surface area (Å²) in [6, 6.07) is 13.8. The van der Waals surface area contributed by atoms with Gasteiger partial charge in [0.1, 0.15) is 12.0 Å². The van der Waals surface area contributed by atoms with Crippen LogP contribution in [0.5, 0.6) is 0 Å². The van der Waals surface area contributed by atoms with Gasteiger partial charge < -0.3 is 0 Å². The number of rotatable bonds is 7. The molecule has 2 heterocycles. The number of nitrogens with one attached hydrogen (secondary N) is 4.